The first kappa shape index (κ1) is 11.8. The van der Waals surface area contributed by atoms with Gasteiger partial charge in [-0.3, -0.25) is 0 Å². The third kappa shape index (κ3) is 3.17. The van der Waals surface area contributed by atoms with Crippen molar-refractivity contribution in [2.45, 2.75) is 0 Å². The molecule has 3 nitrogen and oxygen atoms in total. The monoisotopic (exact) mass is 162 g/mol. The fourth-order valence-electron chi connectivity index (χ4n) is 0.559. The third-order valence-electron chi connectivity index (χ3n) is 0.911. The molecular formula is C6H11ClN2O. The summed E-state index contributed by atoms with van der Waals surface area (Å²) in [6.45, 7) is 0. The topological polar surface area (TPSA) is 83.5 Å². The van der Waals surface area contributed by atoms with Crippen LogP contribution >= 0.6 is 12.4 Å². The lowest BCUT2D eigenvalue weighted by atomic mass is 10.3. The molecule has 10 heavy (non-hydrogen) atoms. The summed E-state index contributed by atoms with van der Waals surface area (Å²) in [7, 11) is 0. The van der Waals surface area contributed by atoms with Gasteiger partial charge in [-0.25, -0.2) is 0 Å². The average molecular weight is 163 g/mol. The average Bonchev–Trinajstić information content (AvgIpc) is 1.64. The van der Waals surface area contributed by atoms with Crippen LogP contribution in [-0.4, -0.2) is 5.48 Å². The van der Waals surface area contributed by atoms with Crippen LogP contribution in [0.5, 0.6) is 0 Å². The molecule has 0 bridgehead atoms. The molecule has 0 radical (unpaired) electrons. The van der Waals surface area contributed by atoms with E-state index < -0.39 is 0 Å². The van der Waals surface area contributed by atoms with Gasteiger partial charge >= 0.3 is 0 Å². The molecule has 0 unspecified atom stereocenters. The molecule has 0 aliphatic carbocycles. The Hall–Kier alpha value is -0.930. The van der Waals surface area contributed by atoms with Gasteiger partial charge in [0.05, 0.1) is 0 Å². The molecule has 0 spiro atoms. The van der Waals surface area contributed by atoms with Gasteiger partial charge in [0.2, 0.25) is 0 Å². The van der Waals surface area contributed by atoms with Crippen molar-refractivity contribution in [1.29, 1.82) is 0 Å². The molecule has 1 aromatic rings. The van der Waals surface area contributed by atoms with Crippen molar-refractivity contribution in [3.05, 3.63) is 24.3 Å². The van der Waals surface area contributed by atoms with Crippen LogP contribution in [0.3, 0.4) is 0 Å². The summed E-state index contributed by atoms with van der Waals surface area (Å²) >= 11 is 0. The summed E-state index contributed by atoms with van der Waals surface area (Å²) < 4.78 is 0. The van der Waals surface area contributed by atoms with E-state index >= 15 is 0 Å². The Kier molecular flexibility index (Phi) is 5.79. The van der Waals surface area contributed by atoms with Crippen molar-refractivity contribution in [2.75, 3.05) is 11.5 Å². The van der Waals surface area contributed by atoms with E-state index in [4.69, 9.17) is 11.5 Å². The number of anilines is 2. The highest BCUT2D eigenvalue weighted by Crippen LogP contribution is 2.06. The third-order valence-corrected chi connectivity index (χ3v) is 0.911. The van der Waals surface area contributed by atoms with Crippen molar-refractivity contribution < 1.29 is 5.48 Å². The van der Waals surface area contributed by atoms with Crippen LogP contribution < -0.4 is 11.5 Å². The van der Waals surface area contributed by atoms with E-state index in [0.29, 0.717) is 11.4 Å². The Balaban J connectivity index is 0. The van der Waals surface area contributed by atoms with E-state index in [1.54, 1.807) is 18.2 Å². The van der Waals surface area contributed by atoms with Gasteiger partial charge in [-0.1, -0.05) is 6.07 Å². The van der Waals surface area contributed by atoms with Crippen molar-refractivity contribution in [1.82, 2.24) is 0 Å². The zero-order valence-corrected chi connectivity index (χ0v) is 6.19. The second kappa shape index (κ2) is 4.90. The summed E-state index contributed by atoms with van der Waals surface area (Å²) in [6.07, 6.45) is 0. The number of halogens is 1. The SMILES string of the molecule is Cl.Nc1cccc(N)c1.O. The van der Waals surface area contributed by atoms with Gasteiger partial charge in [0.1, 0.15) is 0 Å². The summed E-state index contributed by atoms with van der Waals surface area (Å²) in [5.41, 5.74) is 12.2. The molecule has 0 aliphatic heterocycles. The Bertz CT molecular complexity index is 176. The van der Waals surface area contributed by atoms with Gasteiger partial charge in [-0.2, -0.15) is 0 Å². The van der Waals surface area contributed by atoms with Crippen LogP contribution in [0, 0.1) is 0 Å². The molecule has 0 heterocycles. The Labute approximate surface area is 65.7 Å². The van der Waals surface area contributed by atoms with Crippen LogP contribution in [0.1, 0.15) is 0 Å². The lowest BCUT2D eigenvalue weighted by Crippen LogP contribution is -1.87. The quantitative estimate of drug-likeness (QED) is 0.543. The standard InChI is InChI=1S/C6H8N2.ClH.H2O/c7-5-2-1-3-6(8)4-5;;/h1-4H,7-8H2;1H;1H2. The highest BCUT2D eigenvalue weighted by Gasteiger charge is 1.81. The van der Waals surface area contributed by atoms with Crippen molar-refractivity contribution in [3.63, 3.8) is 0 Å². The molecule has 0 saturated carbocycles. The molecule has 1 rings (SSSR count). The molecule has 1 aromatic carbocycles. The Morgan fingerprint density at radius 3 is 1.60 bits per heavy atom. The minimum atomic E-state index is 0. The molecule has 0 fully saturated rings. The molecule has 0 aliphatic rings. The summed E-state index contributed by atoms with van der Waals surface area (Å²) in [4.78, 5) is 0. The first-order chi connectivity index (χ1) is 3.79. The van der Waals surface area contributed by atoms with Gasteiger partial charge < -0.3 is 16.9 Å². The van der Waals surface area contributed by atoms with Gasteiger partial charge in [-0.05, 0) is 18.2 Å². The van der Waals surface area contributed by atoms with E-state index in [-0.39, 0.29) is 17.9 Å². The predicted octanol–water partition coefficient (Wildman–Crippen LogP) is 0.448. The second-order valence-electron chi connectivity index (χ2n) is 1.67. The maximum absolute atomic E-state index is 5.38. The summed E-state index contributed by atoms with van der Waals surface area (Å²) in [5.74, 6) is 0. The zero-order valence-electron chi connectivity index (χ0n) is 5.37. The highest BCUT2D eigenvalue weighted by atomic mass is 35.5. The van der Waals surface area contributed by atoms with Crippen molar-refractivity contribution in [2.24, 2.45) is 0 Å². The molecular weight excluding hydrogens is 152 g/mol. The van der Waals surface area contributed by atoms with E-state index in [1.807, 2.05) is 6.07 Å². The maximum atomic E-state index is 5.38. The Morgan fingerprint density at radius 2 is 1.40 bits per heavy atom. The smallest absolute Gasteiger partial charge is 0.0334 e. The van der Waals surface area contributed by atoms with Crippen molar-refractivity contribution >= 4 is 23.8 Å². The van der Waals surface area contributed by atoms with Crippen LogP contribution in [-0.2, 0) is 0 Å². The van der Waals surface area contributed by atoms with Crippen LogP contribution in [0.15, 0.2) is 24.3 Å². The van der Waals surface area contributed by atoms with Gasteiger partial charge in [-0.15, -0.1) is 12.4 Å². The number of rotatable bonds is 0. The maximum Gasteiger partial charge on any atom is 0.0334 e. The largest absolute Gasteiger partial charge is 0.412 e. The Morgan fingerprint density at radius 1 is 1.00 bits per heavy atom. The lowest BCUT2D eigenvalue weighted by molar-refractivity contribution is 0.824. The van der Waals surface area contributed by atoms with E-state index in [1.165, 1.54) is 0 Å². The summed E-state index contributed by atoms with van der Waals surface area (Å²) in [6, 6.07) is 7.15. The molecule has 4 heteroatoms. The van der Waals surface area contributed by atoms with Crippen LogP contribution in [0.4, 0.5) is 11.4 Å². The number of benzene rings is 1. The molecule has 0 amide bonds. The van der Waals surface area contributed by atoms with E-state index in [9.17, 15) is 0 Å². The first-order valence-corrected chi connectivity index (χ1v) is 2.40. The zero-order chi connectivity index (χ0) is 5.98. The first-order valence-electron chi connectivity index (χ1n) is 2.40. The fraction of sp³-hybridized carbons (Fsp3) is 0. The molecule has 0 aromatic heterocycles. The predicted molar refractivity (Wildman–Crippen MR) is 46.1 cm³/mol. The fourth-order valence-corrected chi connectivity index (χ4v) is 0.559. The minimum Gasteiger partial charge on any atom is -0.412 e. The molecule has 6 N–H and O–H groups in total. The van der Waals surface area contributed by atoms with E-state index in [2.05, 4.69) is 0 Å². The minimum absolute atomic E-state index is 0. The second-order valence-corrected chi connectivity index (χ2v) is 1.67. The normalized spacial score (nSPS) is 7.20. The highest BCUT2D eigenvalue weighted by molar-refractivity contribution is 5.85. The van der Waals surface area contributed by atoms with Gasteiger partial charge in [0.25, 0.3) is 0 Å². The number of nitrogens with two attached hydrogens (primary N) is 2. The number of hydrogen-bond donors (Lipinski definition) is 2. The van der Waals surface area contributed by atoms with Crippen molar-refractivity contribution in [3.8, 4) is 0 Å². The van der Waals surface area contributed by atoms with Crippen LogP contribution in [0.25, 0.3) is 0 Å². The van der Waals surface area contributed by atoms with Gasteiger partial charge in [0, 0.05) is 11.4 Å². The molecule has 0 saturated heterocycles. The number of hydrogen-bond acceptors (Lipinski definition) is 2. The number of nitrogen functional groups attached to an aromatic ring is 2. The molecule has 0 atom stereocenters. The summed E-state index contributed by atoms with van der Waals surface area (Å²) in [5, 5.41) is 0. The van der Waals surface area contributed by atoms with Crippen LogP contribution in [0.2, 0.25) is 0 Å². The van der Waals surface area contributed by atoms with E-state index in [0.717, 1.165) is 0 Å². The molecule has 58 valence electrons. The van der Waals surface area contributed by atoms with Gasteiger partial charge in [0.15, 0.2) is 0 Å². The lowest BCUT2D eigenvalue weighted by Gasteiger charge is -1.91.